The van der Waals surface area contributed by atoms with Gasteiger partial charge in [0.25, 0.3) is 0 Å². The molecule has 3 aromatic rings. The van der Waals surface area contributed by atoms with Crippen LogP contribution in [0.2, 0.25) is 0 Å². The Morgan fingerprint density at radius 3 is 2.00 bits per heavy atom. The van der Waals surface area contributed by atoms with Gasteiger partial charge < -0.3 is 14.4 Å². The molecule has 1 amide bonds. The van der Waals surface area contributed by atoms with Crippen molar-refractivity contribution < 1.29 is 19.1 Å². The van der Waals surface area contributed by atoms with Crippen LogP contribution in [-0.4, -0.2) is 57.8 Å². The molecular weight excluding hydrogens is 592 g/mol. The second-order valence-electron chi connectivity index (χ2n) is 12.0. The maximum absolute atomic E-state index is 14.0. The van der Waals surface area contributed by atoms with Gasteiger partial charge >= 0.3 is 5.97 Å². The monoisotopic (exact) mass is 630 g/mol. The molecule has 4 atom stereocenters. The smallest absolute Gasteiger partial charge is 0.345 e. The van der Waals surface area contributed by atoms with Crippen LogP contribution in [-0.2, 0) is 24.6 Å². The minimum absolute atomic E-state index is 0.0678. The molecule has 230 valence electrons. The summed E-state index contributed by atoms with van der Waals surface area (Å²) in [6.07, 6.45) is 3.02. The Bertz CT molecular complexity index is 1370. The van der Waals surface area contributed by atoms with Crippen LogP contribution in [0.1, 0.15) is 56.7 Å². The first-order chi connectivity index (χ1) is 21.2. The number of esters is 1. The number of rotatable bonds is 9. The van der Waals surface area contributed by atoms with Gasteiger partial charge in [0.15, 0.2) is 0 Å². The minimum Gasteiger partial charge on any atom is -0.458 e. The van der Waals surface area contributed by atoms with Gasteiger partial charge in [-0.1, -0.05) is 114 Å². The number of carbonyl (C=O) groups is 2. The van der Waals surface area contributed by atoms with Crippen molar-refractivity contribution >= 4 is 35.2 Å². The lowest BCUT2D eigenvalue weighted by Crippen LogP contribution is -2.74. The molecule has 5 rings (SSSR count). The van der Waals surface area contributed by atoms with E-state index in [0.29, 0.717) is 5.75 Å². The third-order valence-electron chi connectivity index (χ3n) is 7.69. The second-order valence-corrected chi connectivity index (χ2v) is 13.5. The van der Waals surface area contributed by atoms with Gasteiger partial charge in [0.1, 0.15) is 23.1 Å². The van der Waals surface area contributed by atoms with Gasteiger partial charge in [-0.3, -0.25) is 10.1 Å². The van der Waals surface area contributed by atoms with E-state index in [9.17, 15) is 9.59 Å². The Kier molecular flexibility index (Phi) is 10.4. The largest absolute Gasteiger partial charge is 0.458 e. The number of alkyl halides is 1. The number of nitrogens with zero attached hydrogens (tertiary/aromatic N) is 1. The number of thioether (sulfide) groups is 1. The Balaban J connectivity index is 1.51. The lowest BCUT2D eigenvalue weighted by Gasteiger charge is -2.52. The first-order valence-corrected chi connectivity index (χ1v) is 16.5. The molecule has 8 heteroatoms. The average Bonchev–Trinajstić information content (AvgIpc) is 3.04. The quantitative estimate of drug-likeness (QED) is 0.0746. The van der Waals surface area contributed by atoms with Crippen LogP contribution >= 0.6 is 23.4 Å². The standard InChI is InChI=1S/C36H39ClN2O4S/c1-35(2,3)43-34(41)31(37)39-32(40)30(33(39)44-25-15-23-29-22-13-14-24-42-29)38-36(26-16-7-4-8-17-26,27-18-9-5-10-19-27)28-20-11-6-12-21-28/h4-12,16-21,29-31,33,38H,13-14,22,24-25H2,1-3H3. The van der Waals surface area contributed by atoms with Crippen molar-refractivity contribution in [1.82, 2.24) is 10.2 Å². The summed E-state index contributed by atoms with van der Waals surface area (Å²) >= 11 is 8.17. The molecule has 0 aliphatic carbocycles. The second kappa shape index (κ2) is 14.2. The molecule has 0 bridgehead atoms. The summed E-state index contributed by atoms with van der Waals surface area (Å²) in [6.45, 7) is 6.06. The lowest BCUT2D eigenvalue weighted by molar-refractivity contribution is -0.167. The molecule has 3 aromatic carbocycles. The van der Waals surface area contributed by atoms with Crippen LogP contribution in [0.15, 0.2) is 91.0 Å². The van der Waals surface area contributed by atoms with E-state index < -0.39 is 34.0 Å². The lowest BCUT2D eigenvalue weighted by atomic mass is 9.76. The first kappa shape index (κ1) is 32.1. The van der Waals surface area contributed by atoms with Gasteiger partial charge in [-0.25, -0.2) is 4.79 Å². The Hall–Kier alpha value is -3.28. The summed E-state index contributed by atoms with van der Waals surface area (Å²) in [5.74, 6) is 5.99. The molecule has 0 radical (unpaired) electrons. The number of benzene rings is 3. The van der Waals surface area contributed by atoms with Crippen molar-refractivity contribution in [1.29, 1.82) is 0 Å². The third kappa shape index (κ3) is 7.16. The van der Waals surface area contributed by atoms with E-state index in [0.717, 1.165) is 42.6 Å². The number of amides is 1. The van der Waals surface area contributed by atoms with E-state index in [1.54, 1.807) is 20.8 Å². The van der Waals surface area contributed by atoms with Crippen LogP contribution < -0.4 is 5.32 Å². The van der Waals surface area contributed by atoms with Gasteiger partial charge in [-0.05, 0) is 56.7 Å². The summed E-state index contributed by atoms with van der Waals surface area (Å²) in [6, 6.07) is 29.7. The normalized spacial score (nSPS) is 21.0. The fourth-order valence-electron chi connectivity index (χ4n) is 5.69. The molecule has 0 saturated carbocycles. The molecule has 0 aromatic heterocycles. The van der Waals surface area contributed by atoms with Crippen LogP contribution in [0.3, 0.4) is 0 Å². The number of nitrogens with one attached hydrogen (secondary N) is 1. The van der Waals surface area contributed by atoms with E-state index in [4.69, 9.17) is 21.1 Å². The molecule has 2 aliphatic rings. The van der Waals surface area contributed by atoms with E-state index in [2.05, 4.69) is 53.6 Å². The van der Waals surface area contributed by atoms with Crippen molar-refractivity contribution in [2.24, 2.45) is 0 Å². The van der Waals surface area contributed by atoms with Crippen molar-refractivity contribution in [3.63, 3.8) is 0 Å². The highest BCUT2D eigenvalue weighted by Gasteiger charge is 2.55. The number of halogens is 1. The van der Waals surface area contributed by atoms with Crippen molar-refractivity contribution in [2.45, 2.75) is 74.2 Å². The molecule has 0 spiro atoms. The van der Waals surface area contributed by atoms with Crippen molar-refractivity contribution in [3.05, 3.63) is 108 Å². The highest BCUT2D eigenvalue weighted by atomic mass is 35.5. The van der Waals surface area contributed by atoms with Gasteiger partial charge in [0.2, 0.25) is 11.4 Å². The summed E-state index contributed by atoms with van der Waals surface area (Å²) < 4.78 is 11.3. The van der Waals surface area contributed by atoms with E-state index in [1.165, 1.54) is 16.7 Å². The highest BCUT2D eigenvalue weighted by Crippen LogP contribution is 2.42. The fourth-order valence-corrected chi connectivity index (χ4v) is 7.11. The maximum atomic E-state index is 14.0. The SMILES string of the molecule is CC(C)(C)OC(=O)C(Cl)N1C(=O)C(NC(c2ccccc2)(c2ccccc2)c2ccccc2)C1SCC#CC1CCCCO1. The highest BCUT2D eigenvalue weighted by molar-refractivity contribution is 8.00. The zero-order valence-corrected chi connectivity index (χ0v) is 26.9. The summed E-state index contributed by atoms with van der Waals surface area (Å²) in [7, 11) is 0. The fraction of sp³-hybridized carbons (Fsp3) is 0.389. The van der Waals surface area contributed by atoms with Crippen LogP contribution in [0, 0.1) is 11.8 Å². The number of hydrogen-bond donors (Lipinski definition) is 1. The molecule has 2 aliphatic heterocycles. The van der Waals surface area contributed by atoms with Crippen LogP contribution in [0.5, 0.6) is 0 Å². The van der Waals surface area contributed by atoms with E-state index >= 15 is 0 Å². The number of ether oxygens (including phenoxy) is 2. The van der Waals surface area contributed by atoms with Gasteiger partial charge in [0, 0.05) is 6.61 Å². The van der Waals surface area contributed by atoms with Gasteiger partial charge in [0.05, 0.1) is 11.3 Å². The Labute approximate surface area is 269 Å². The topological polar surface area (TPSA) is 67.9 Å². The minimum atomic E-state index is -1.27. The summed E-state index contributed by atoms with van der Waals surface area (Å²) in [4.78, 5) is 28.5. The van der Waals surface area contributed by atoms with Crippen LogP contribution in [0.25, 0.3) is 0 Å². The number of likely N-dealkylation sites (tertiary alicyclic amines) is 1. The Morgan fingerprint density at radius 1 is 0.977 bits per heavy atom. The predicted octanol–water partition coefficient (Wildman–Crippen LogP) is 6.32. The molecule has 2 heterocycles. The average molecular weight is 631 g/mol. The molecule has 1 N–H and O–H groups in total. The van der Waals surface area contributed by atoms with E-state index in [-0.39, 0.29) is 12.0 Å². The molecule has 6 nitrogen and oxygen atoms in total. The predicted molar refractivity (Wildman–Crippen MR) is 176 cm³/mol. The molecule has 44 heavy (non-hydrogen) atoms. The van der Waals surface area contributed by atoms with Gasteiger partial charge in [-0.15, -0.1) is 11.8 Å². The third-order valence-corrected chi connectivity index (χ3v) is 9.23. The number of carbonyl (C=O) groups excluding carboxylic acids is 2. The van der Waals surface area contributed by atoms with Crippen molar-refractivity contribution in [3.8, 4) is 11.8 Å². The summed E-state index contributed by atoms with van der Waals surface area (Å²) in [5, 5.41) is 3.31. The van der Waals surface area contributed by atoms with Crippen LogP contribution in [0.4, 0.5) is 0 Å². The molecule has 2 saturated heterocycles. The molecule has 2 fully saturated rings. The summed E-state index contributed by atoms with van der Waals surface area (Å²) in [5.41, 5.74) is 0.0623. The zero-order chi connectivity index (χ0) is 31.2. The zero-order valence-electron chi connectivity index (χ0n) is 25.4. The van der Waals surface area contributed by atoms with Crippen molar-refractivity contribution in [2.75, 3.05) is 12.4 Å². The molecular formula is C36H39ClN2O4S. The van der Waals surface area contributed by atoms with Gasteiger partial charge in [-0.2, -0.15) is 0 Å². The van der Waals surface area contributed by atoms with E-state index in [1.807, 2.05) is 54.6 Å². The maximum Gasteiger partial charge on any atom is 0.345 e. The number of hydrogen-bond acceptors (Lipinski definition) is 6. The Morgan fingerprint density at radius 2 is 1.52 bits per heavy atom. The first-order valence-electron chi connectivity index (χ1n) is 15.1. The number of β-lactam (4-membered cyclic amide) rings is 1. The molecule has 4 unspecified atom stereocenters.